The first kappa shape index (κ1) is 20.2. The second kappa shape index (κ2) is 7.97. The molecule has 2 aromatic rings. The molecule has 1 spiro atoms. The number of hydrogen-bond donors (Lipinski definition) is 2. The summed E-state index contributed by atoms with van der Waals surface area (Å²) in [5.41, 5.74) is 0.102. The first-order valence-electron chi connectivity index (χ1n) is 10.4. The van der Waals surface area contributed by atoms with E-state index in [9.17, 15) is 14.4 Å². The normalized spacial score (nSPS) is 23.7. The van der Waals surface area contributed by atoms with Gasteiger partial charge in [-0.25, -0.2) is 4.79 Å². The zero-order valence-electron chi connectivity index (χ0n) is 17.4. The average Bonchev–Trinajstić information content (AvgIpc) is 2.98. The van der Waals surface area contributed by atoms with Gasteiger partial charge in [-0.15, -0.1) is 0 Å². The molecular weight excluding hydrogens is 382 g/mol. The summed E-state index contributed by atoms with van der Waals surface area (Å²) in [5.74, 6) is 0.248. The minimum absolute atomic E-state index is 0.0759. The monoisotopic (exact) mass is 409 g/mol. The average molecular weight is 409 g/mol. The van der Waals surface area contributed by atoms with Crippen molar-refractivity contribution in [3.05, 3.63) is 42.0 Å². The molecule has 1 aliphatic heterocycles. The second-order valence-electron chi connectivity index (χ2n) is 8.26. The molecule has 0 radical (unpaired) electrons. The number of methoxy groups -OCH3 is 1. The summed E-state index contributed by atoms with van der Waals surface area (Å²) < 4.78 is 5.24. The van der Waals surface area contributed by atoms with Crippen LogP contribution in [-0.4, -0.2) is 41.9 Å². The molecule has 2 aliphatic rings. The molecule has 2 fully saturated rings. The SMILES string of the molecule is COc1ccc2cc(CNC(=O)CN3C(=O)N[C@@]4(CCCC[C@@H]4C)C3=O)ccc2c1. The third kappa shape index (κ3) is 3.60. The third-order valence-corrected chi connectivity index (χ3v) is 6.40. The van der Waals surface area contributed by atoms with Crippen molar-refractivity contribution in [2.45, 2.75) is 44.7 Å². The van der Waals surface area contributed by atoms with Gasteiger partial charge in [0.05, 0.1) is 7.11 Å². The number of carbonyl (C=O) groups excluding carboxylic acids is 3. The summed E-state index contributed by atoms with van der Waals surface area (Å²) >= 11 is 0. The maximum atomic E-state index is 13.0. The van der Waals surface area contributed by atoms with Gasteiger partial charge in [-0.05, 0) is 53.3 Å². The number of carbonyl (C=O) groups is 3. The maximum absolute atomic E-state index is 13.0. The van der Waals surface area contributed by atoms with E-state index in [1.54, 1.807) is 7.11 Å². The van der Waals surface area contributed by atoms with Crippen LogP contribution in [0, 0.1) is 5.92 Å². The van der Waals surface area contributed by atoms with Crippen molar-refractivity contribution < 1.29 is 19.1 Å². The molecule has 30 heavy (non-hydrogen) atoms. The van der Waals surface area contributed by atoms with Crippen LogP contribution >= 0.6 is 0 Å². The fourth-order valence-electron chi connectivity index (χ4n) is 4.55. The van der Waals surface area contributed by atoms with E-state index in [1.165, 1.54) is 0 Å². The number of rotatable bonds is 5. The highest BCUT2D eigenvalue weighted by Crippen LogP contribution is 2.38. The Bertz CT molecular complexity index is 1010. The Kier molecular flexibility index (Phi) is 5.37. The number of urea groups is 1. The van der Waals surface area contributed by atoms with Gasteiger partial charge in [0, 0.05) is 6.54 Å². The molecule has 2 atom stereocenters. The van der Waals surface area contributed by atoms with E-state index in [-0.39, 0.29) is 24.3 Å². The van der Waals surface area contributed by atoms with Crippen molar-refractivity contribution in [1.82, 2.24) is 15.5 Å². The number of imide groups is 1. The highest BCUT2D eigenvalue weighted by Gasteiger charge is 2.55. The van der Waals surface area contributed by atoms with E-state index in [4.69, 9.17) is 4.74 Å². The molecule has 158 valence electrons. The molecule has 0 aromatic heterocycles. The van der Waals surface area contributed by atoms with Gasteiger partial charge >= 0.3 is 6.03 Å². The smallest absolute Gasteiger partial charge is 0.325 e. The Morgan fingerprint density at radius 3 is 2.73 bits per heavy atom. The van der Waals surface area contributed by atoms with Crippen LogP contribution < -0.4 is 15.4 Å². The molecule has 0 unspecified atom stereocenters. The van der Waals surface area contributed by atoms with Crippen LogP contribution in [0.15, 0.2) is 36.4 Å². The lowest BCUT2D eigenvalue weighted by atomic mass is 9.73. The Hall–Kier alpha value is -3.09. The summed E-state index contributed by atoms with van der Waals surface area (Å²) in [4.78, 5) is 38.9. The van der Waals surface area contributed by atoms with Crippen molar-refractivity contribution in [1.29, 1.82) is 0 Å². The van der Waals surface area contributed by atoms with Gasteiger partial charge in [-0.3, -0.25) is 14.5 Å². The largest absolute Gasteiger partial charge is 0.497 e. The molecule has 4 amide bonds. The lowest BCUT2D eigenvalue weighted by Gasteiger charge is -2.36. The van der Waals surface area contributed by atoms with Crippen LogP contribution in [0.3, 0.4) is 0 Å². The molecule has 1 aliphatic carbocycles. The van der Waals surface area contributed by atoms with Gasteiger partial charge in [0.1, 0.15) is 17.8 Å². The molecular formula is C23H27N3O4. The molecule has 0 bridgehead atoms. The van der Waals surface area contributed by atoms with E-state index in [2.05, 4.69) is 10.6 Å². The van der Waals surface area contributed by atoms with Crippen molar-refractivity contribution >= 4 is 28.6 Å². The predicted octanol–water partition coefficient (Wildman–Crippen LogP) is 2.97. The van der Waals surface area contributed by atoms with Crippen LogP contribution in [0.2, 0.25) is 0 Å². The standard InChI is InChI=1S/C23H27N3O4/c1-15-5-3-4-10-23(15)21(28)26(22(29)25-23)14-20(27)24-13-16-6-7-18-12-19(30-2)9-8-17(18)11-16/h6-9,11-12,15H,3-5,10,13-14H2,1-2H3,(H,24,27)(H,25,29)/t15-,23+/m0/s1. The highest BCUT2D eigenvalue weighted by atomic mass is 16.5. The Morgan fingerprint density at radius 2 is 1.97 bits per heavy atom. The molecule has 2 aromatic carbocycles. The number of ether oxygens (including phenoxy) is 1. The number of benzene rings is 2. The van der Waals surface area contributed by atoms with Gasteiger partial charge < -0.3 is 15.4 Å². The minimum atomic E-state index is -0.838. The number of fused-ring (bicyclic) bond motifs is 1. The van der Waals surface area contributed by atoms with Crippen LogP contribution in [0.5, 0.6) is 5.75 Å². The van der Waals surface area contributed by atoms with Crippen molar-refractivity contribution in [3.63, 3.8) is 0 Å². The topological polar surface area (TPSA) is 87.7 Å². The van der Waals surface area contributed by atoms with Crippen LogP contribution in [0.25, 0.3) is 10.8 Å². The van der Waals surface area contributed by atoms with Crippen molar-refractivity contribution in [2.75, 3.05) is 13.7 Å². The Labute approximate surface area is 175 Å². The summed E-state index contributed by atoms with van der Waals surface area (Å²) in [6, 6.07) is 11.3. The minimum Gasteiger partial charge on any atom is -0.497 e. The van der Waals surface area contributed by atoms with E-state index in [0.717, 1.165) is 46.2 Å². The fraction of sp³-hybridized carbons (Fsp3) is 0.435. The molecule has 7 nitrogen and oxygen atoms in total. The summed E-state index contributed by atoms with van der Waals surface area (Å²) in [5, 5.41) is 7.79. The molecule has 2 N–H and O–H groups in total. The number of hydrogen-bond acceptors (Lipinski definition) is 4. The second-order valence-corrected chi connectivity index (χ2v) is 8.26. The van der Waals surface area contributed by atoms with Crippen LogP contribution in [-0.2, 0) is 16.1 Å². The fourth-order valence-corrected chi connectivity index (χ4v) is 4.55. The summed E-state index contributed by atoms with van der Waals surface area (Å²) in [7, 11) is 1.63. The summed E-state index contributed by atoms with van der Waals surface area (Å²) in [6.07, 6.45) is 3.51. The van der Waals surface area contributed by atoms with E-state index in [0.29, 0.717) is 13.0 Å². The molecule has 1 saturated carbocycles. The lowest BCUT2D eigenvalue weighted by Crippen LogP contribution is -2.54. The summed E-state index contributed by atoms with van der Waals surface area (Å²) in [6.45, 7) is 2.06. The first-order chi connectivity index (χ1) is 14.4. The molecule has 4 rings (SSSR count). The van der Waals surface area contributed by atoms with E-state index in [1.807, 2.05) is 43.3 Å². The van der Waals surface area contributed by atoms with Gasteiger partial charge in [-0.2, -0.15) is 0 Å². The molecule has 7 heteroatoms. The molecule has 1 heterocycles. The van der Waals surface area contributed by atoms with Crippen LogP contribution in [0.1, 0.15) is 38.2 Å². The van der Waals surface area contributed by atoms with Gasteiger partial charge in [0.2, 0.25) is 5.91 Å². The highest BCUT2D eigenvalue weighted by molar-refractivity contribution is 6.09. The first-order valence-corrected chi connectivity index (χ1v) is 10.4. The van der Waals surface area contributed by atoms with Gasteiger partial charge in [0.15, 0.2) is 0 Å². The van der Waals surface area contributed by atoms with Crippen molar-refractivity contribution in [3.8, 4) is 5.75 Å². The Balaban J connectivity index is 1.38. The van der Waals surface area contributed by atoms with E-state index < -0.39 is 11.6 Å². The number of amides is 4. The number of nitrogens with zero attached hydrogens (tertiary/aromatic N) is 1. The van der Waals surface area contributed by atoms with Gasteiger partial charge in [0.25, 0.3) is 5.91 Å². The Morgan fingerprint density at radius 1 is 1.20 bits per heavy atom. The predicted molar refractivity (Wildman–Crippen MR) is 113 cm³/mol. The third-order valence-electron chi connectivity index (χ3n) is 6.40. The maximum Gasteiger partial charge on any atom is 0.325 e. The van der Waals surface area contributed by atoms with Crippen LogP contribution in [0.4, 0.5) is 4.79 Å². The van der Waals surface area contributed by atoms with Gasteiger partial charge in [-0.1, -0.05) is 38.0 Å². The lowest BCUT2D eigenvalue weighted by molar-refractivity contribution is -0.137. The zero-order valence-corrected chi connectivity index (χ0v) is 17.4. The van der Waals surface area contributed by atoms with Crippen molar-refractivity contribution in [2.24, 2.45) is 5.92 Å². The zero-order chi connectivity index (χ0) is 21.3. The van der Waals surface area contributed by atoms with E-state index >= 15 is 0 Å². The number of nitrogens with one attached hydrogen (secondary N) is 2. The quantitative estimate of drug-likeness (QED) is 0.744. The molecule has 1 saturated heterocycles.